The number of ether oxygens (including phenoxy) is 1. The van der Waals surface area contributed by atoms with Gasteiger partial charge in [-0.2, -0.15) is 0 Å². The number of benzene rings is 1. The van der Waals surface area contributed by atoms with E-state index >= 15 is 0 Å². The predicted molar refractivity (Wildman–Crippen MR) is 83.5 cm³/mol. The van der Waals surface area contributed by atoms with Crippen LogP contribution < -0.4 is 5.32 Å². The van der Waals surface area contributed by atoms with Gasteiger partial charge in [-0.3, -0.25) is 9.59 Å². The summed E-state index contributed by atoms with van der Waals surface area (Å²) >= 11 is 2.17. The number of amides is 1. The smallest absolute Gasteiger partial charge is 0.305 e. The van der Waals surface area contributed by atoms with Crippen molar-refractivity contribution >= 4 is 34.5 Å². The Morgan fingerprint density at radius 1 is 1.40 bits per heavy atom. The lowest BCUT2D eigenvalue weighted by molar-refractivity contribution is -0.139. The molecule has 0 heterocycles. The first-order chi connectivity index (χ1) is 9.36. The van der Waals surface area contributed by atoms with Crippen LogP contribution >= 0.6 is 22.6 Å². The van der Waals surface area contributed by atoms with Gasteiger partial charge in [0.25, 0.3) is 0 Å². The maximum Gasteiger partial charge on any atom is 0.305 e. The third kappa shape index (κ3) is 5.46. The molecule has 0 spiro atoms. The van der Waals surface area contributed by atoms with Crippen LogP contribution in [0.15, 0.2) is 24.3 Å². The van der Waals surface area contributed by atoms with Crippen molar-refractivity contribution < 1.29 is 19.4 Å². The Balaban J connectivity index is 2.71. The summed E-state index contributed by atoms with van der Waals surface area (Å²) < 4.78 is 6.01. The van der Waals surface area contributed by atoms with Gasteiger partial charge in [0.2, 0.25) is 5.91 Å². The number of hydrogen-bond acceptors (Lipinski definition) is 3. The SMILES string of the molecule is COCC(C)(CC(=O)O)NC(=O)Cc1ccccc1I. The van der Waals surface area contributed by atoms with Crippen molar-refractivity contribution in [3.63, 3.8) is 0 Å². The third-order valence-corrected chi connectivity index (χ3v) is 3.81. The van der Waals surface area contributed by atoms with Gasteiger partial charge in [-0.05, 0) is 41.1 Å². The van der Waals surface area contributed by atoms with E-state index in [2.05, 4.69) is 27.9 Å². The molecule has 6 heteroatoms. The van der Waals surface area contributed by atoms with Crippen LogP contribution in [0.2, 0.25) is 0 Å². The van der Waals surface area contributed by atoms with E-state index in [4.69, 9.17) is 9.84 Å². The first-order valence-electron chi connectivity index (χ1n) is 6.11. The highest BCUT2D eigenvalue weighted by Crippen LogP contribution is 2.14. The van der Waals surface area contributed by atoms with Gasteiger partial charge in [-0.1, -0.05) is 18.2 Å². The number of carbonyl (C=O) groups is 2. The molecule has 110 valence electrons. The maximum atomic E-state index is 12.1. The summed E-state index contributed by atoms with van der Waals surface area (Å²) in [6.45, 7) is 1.81. The number of carboxylic acid groups (broad SMARTS) is 1. The third-order valence-electron chi connectivity index (χ3n) is 2.75. The van der Waals surface area contributed by atoms with Crippen LogP contribution in [-0.4, -0.2) is 36.2 Å². The van der Waals surface area contributed by atoms with Crippen molar-refractivity contribution in [1.29, 1.82) is 0 Å². The van der Waals surface area contributed by atoms with Crippen LogP contribution in [0.25, 0.3) is 0 Å². The van der Waals surface area contributed by atoms with Crippen molar-refractivity contribution in [3.8, 4) is 0 Å². The van der Waals surface area contributed by atoms with Gasteiger partial charge in [0.15, 0.2) is 0 Å². The molecule has 0 aliphatic heterocycles. The average Bonchev–Trinajstić information content (AvgIpc) is 2.30. The molecule has 1 atom stereocenters. The van der Waals surface area contributed by atoms with E-state index in [1.807, 2.05) is 24.3 Å². The zero-order valence-corrected chi connectivity index (χ0v) is 13.6. The minimum atomic E-state index is -0.973. The molecule has 0 aliphatic carbocycles. The highest BCUT2D eigenvalue weighted by molar-refractivity contribution is 14.1. The van der Waals surface area contributed by atoms with Gasteiger partial charge in [0, 0.05) is 10.7 Å². The second-order valence-corrected chi connectivity index (χ2v) is 6.04. The number of aliphatic carboxylic acids is 1. The van der Waals surface area contributed by atoms with Crippen molar-refractivity contribution in [2.45, 2.75) is 25.3 Å². The van der Waals surface area contributed by atoms with Gasteiger partial charge in [-0.15, -0.1) is 0 Å². The minimum Gasteiger partial charge on any atom is -0.481 e. The molecular formula is C14H18INO4. The fourth-order valence-corrected chi connectivity index (χ4v) is 2.56. The second-order valence-electron chi connectivity index (χ2n) is 4.88. The van der Waals surface area contributed by atoms with Gasteiger partial charge >= 0.3 is 5.97 Å². The van der Waals surface area contributed by atoms with Crippen LogP contribution in [0.1, 0.15) is 18.9 Å². The summed E-state index contributed by atoms with van der Waals surface area (Å²) in [5, 5.41) is 11.7. The van der Waals surface area contributed by atoms with Crippen LogP contribution in [0, 0.1) is 3.57 Å². The van der Waals surface area contributed by atoms with Crippen molar-refractivity contribution in [3.05, 3.63) is 33.4 Å². The van der Waals surface area contributed by atoms with Crippen molar-refractivity contribution in [2.75, 3.05) is 13.7 Å². The van der Waals surface area contributed by atoms with Crippen LogP contribution in [0.4, 0.5) is 0 Å². The van der Waals surface area contributed by atoms with Gasteiger partial charge in [0.1, 0.15) is 0 Å². The van der Waals surface area contributed by atoms with E-state index in [1.165, 1.54) is 7.11 Å². The molecule has 1 amide bonds. The highest BCUT2D eigenvalue weighted by atomic mass is 127. The summed E-state index contributed by atoms with van der Waals surface area (Å²) in [6.07, 6.45) is 0.0382. The molecule has 5 nitrogen and oxygen atoms in total. The largest absolute Gasteiger partial charge is 0.481 e. The zero-order chi connectivity index (χ0) is 15.2. The molecule has 0 aliphatic rings. The Labute approximate surface area is 131 Å². The summed E-state index contributed by atoms with van der Waals surface area (Å²) in [7, 11) is 1.48. The molecular weight excluding hydrogens is 373 g/mol. The van der Waals surface area contributed by atoms with Gasteiger partial charge in [-0.25, -0.2) is 0 Å². The Kier molecular flexibility index (Phi) is 6.41. The number of rotatable bonds is 7. The predicted octanol–water partition coefficient (Wildman–Crippen LogP) is 1.83. The standard InChI is InChI=1S/C14H18INO4/c1-14(9-20-2,8-13(18)19)16-12(17)7-10-5-3-4-6-11(10)15/h3-6H,7-9H2,1-2H3,(H,16,17)(H,18,19). The molecule has 20 heavy (non-hydrogen) atoms. The molecule has 1 aromatic carbocycles. The first kappa shape index (κ1) is 16.9. The number of carboxylic acids is 1. The summed E-state index contributed by atoms with van der Waals surface area (Å²) in [5.41, 5.74) is 0.0124. The molecule has 0 bridgehead atoms. The molecule has 1 rings (SSSR count). The van der Waals surface area contributed by atoms with Crippen LogP contribution in [-0.2, 0) is 20.7 Å². The molecule has 0 fully saturated rings. The number of nitrogens with one attached hydrogen (secondary N) is 1. The molecule has 0 radical (unpaired) electrons. The fraction of sp³-hybridized carbons (Fsp3) is 0.429. The Morgan fingerprint density at radius 3 is 2.60 bits per heavy atom. The monoisotopic (exact) mass is 391 g/mol. The lowest BCUT2D eigenvalue weighted by atomic mass is 9.98. The van der Waals surface area contributed by atoms with E-state index in [1.54, 1.807) is 6.92 Å². The fourth-order valence-electron chi connectivity index (χ4n) is 1.98. The molecule has 2 N–H and O–H groups in total. The maximum absolute atomic E-state index is 12.1. The number of carbonyl (C=O) groups excluding carboxylic acids is 1. The quantitative estimate of drug-likeness (QED) is 0.696. The lowest BCUT2D eigenvalue weighted by Gasteiger charge is -2.28. The Hall–Kier alpha value is -1.15. The first-order valence-corrected chi connectivity index (χ1v) is 7.19. The number of hydrogen-bond donors (Lipinski definition) is 2. The Morgan fingerprint density at radius 2 is 2.05 bits per heavy atom. The minimum absolute atomic E-state index is 0.150. The molecule has 0 saturated carbocycles. The molecule has 0 aromatic heterocycles. The lowest BCUT2D eigenvalue weighted by Crippen LogP contribution is -2.51. The van der Waals surface area contributed by atoms with E-state index < -0.39 is 11.5 Å². The molecule has 0 saturated heterocycles. The van der Waals surface area contributed by atoms with E-state index in [0.29, 0.717) is 0 Å². The highest BCUT2D eigenvalue weighted by Gasteiger charge is 2.29. The number of methoxy groups -OCH3 is 1. The molecule has 1 unspecified atom stereocenters. The number of halogens is 1. The van der Waals surface area contributed by atoms with Crippen LogP contribution in [0.5, 0.6) is 0 Å². The average molecular weight is 391 g/mol. The topological polar surface area (TPSA) is 75.6 Å². The van der Waals surface area contributed by atoms with Crippen molar-refractivity contribution in [2.24, 2.45) is 0 Å². The van der Waals surface area contributed by atoms with E-state index in [-0.39, 0.29) is 25.4 Å². The second kappa shape index (κ2) is 7.58. The summed E-state index contributed by atoms with van der Waals surface area (Å²) in [5.74, 6) is -1.19. The van der Waals surface area contributed by atoms with E-state index in [0.717, 1.165) is 9.13 Å². The summed E-state index contributed by atoms with van der Waals surface area (Å²) in [4.78, 5) is 22.9. The normalized spacial score (nSPS) is 13.6. The zero-order valence-electron chi connectivity index (χ0n) is 11.5. The summed E-state index contributed by atoms with van der Waals surface area (Å²) in [6, 6.07) is 7.58. The van der Waals surface area contributed by atoms with Gasteiger partial charge < -0.3 is 15.2 Å². The molecule has 1 aromatic rings. The van der Waals surface area contributed by atoms with Gasteiger partial charge in [0.05, 0.1) is 25.0 Å². The van der Waals surface area contributed by atoms with E-state index in [9.17, 15) is 9.59 Å². The Bertz CT molecular complexity index is 492. The van der Waals surface area contributed by atoms with Crippen molar-refractivity contribution in [1.82, 2.24) is 5.32 Å². The van der Waals surface area contributed by atoms with Crippen LogP contribution in [0.3, 0.4) is 0 Å².